The fourth-order valence-electron chi connectivity index (χ4n) is 2.92. The fourth-order valence-corrected chi connectivity index (χ4v) is 3.85. The third kappa shape index (κ3) is 4.44. The number of benzene rings is 3. The number of esters is 1. The largest absolute Gasteiger partial charge is 0.507 e. The molecule has 0 saturated carbocycles. The first kappa shape index (κ1) is 21.1. The summed E-state index contributed by atoms with van der Waals surface area (Å²) >= 11 is 0. The molecule has 162 valence electrons. The van der Waals surface area contributed by atoms with E-state index in [1.54, 1.807) is 24.3 Å². The number of ether oxygens (including phenoxy) is 1. The van der Waals surface area contributed by atoms with Gasteiger partial charge in [-0.05, 0) is 36.4 Å². The van der Waals surface area contributed by atoms with Crippen molar-refractivity contribution < 1.29 is 36.6 Å². The second kappa shape index (κ2) is 8.52. The number of para-hydroxylation sites is 3. The summed E-state index contributed by atoms with van der Waals surface area (Å²) in [6, 6.07) is 17.8. The van der Waals surface area contributed by atoms with Gasteiger partial charge in [0.15, 0.2) is 5.58 Å². The highest BCUT2D eigenvalue weighted by atomic mass is 32.2. The molecule has 32 heavy (non-hydrogen) atoms. The van der Waals surface area contributed by atoms with Crippen molar-refractivity contribution in [3.8, 4) is 11.5 Å². The lowest BCUT2D eigenvalue weighted by Gasteiger charge is -2.10. The van der Waals surface area contributed by atoms with Crippen LogP contribution in [0.3, 0.4) is 0 Å². The molecule has 10 heteroatoms. The Morgan fingerprint density at radius 2 is 1.53 bits per heavy atom. The third-order valence-corrected chi connectivity index (χ3v) is 5.43. The lowest BCUT2D eigenvalue weighted by atomic mass is 10.2. The zero-order valence-corrected chi connectivity index (χ0v) is 17.1. The van der Waals surface area contributed by atoms with Gasteiger partial charge in [0.25, 0.3) is 0 Å². The highest BCUT2D eigenvalue weighted by Crippen LogP contribution is 2.25. The Kier molecular flexibility index (Phi) is 5.61. The molecule has 4 rings (SSSR count). The number of fused-ring (bicyclic) bond motifs is 1. The van der Waals surface area contributed by atoms with E-state index in [2.05, 4.69) is 5.16 Å². The molecule has 0 radical (unpaired) electrons. The number of hydrogen-bond acceptors (Lipinski definition) is 9. The van der Waals surface area contributed by atoms with Crippen LogP contribution >= 0.6 is 0 Å². The SMILES string of the molecule is O=C(Oc1ccccc1C(=O)OS(=O)(=O)Cc1noc2ccccc12)c1ccccc1O. The maximum absolute atomic E-state index is 12.6. The zero-order chi connectivity index (χ0) is 22.7. The smallest absolute Gasteiger partial charge is 0.357 e. The molecule has 3 aromatic carbocycles. The molecule has 0 aliphatic rings. The lowest BCUT2D eigenvalue weighted by Crippen LogP contribution is -2.17. The van der Waals surface area contributed by atoms with Crippen molar-refractivity contribution in [1.29, 1.82) is 0 Å². The van der Waals surface area contributed by atoms with Gasteiger partial charge in [-0.2, -0.15) is 8.42 Å². The molecule has 1 N–H and O–H groups in total. The second-order valence-corrected chi connectivity index (χ2v) is 8.17. The summed E-state index contributed by atoms with van der Waals surface area (Å²) in [4.78, 5) is 24.9. The maximum atomic E-state index is 12.6. The quantitative estimate of drug-likeness (QED) is 0.265. The van der Waals surface area contributed by atoms with E-state index in [1.165, 1.54) is 48.5 Å². The number of carbonyl (C=O) groups excluding carboxylic acids is 2. The number of nitrogens with zero attached hydrogens (tertiary/aromatic N) is 1. The van der Waals surface area contributed by atoms with E-state index in [-0.39, 0.29) is 28.3 Å². The van der Waals surface area contributed by atoms with E-state index in [0.29, 0.717) is 11.0 Å². The van der Waals surface area contributed by atoms with Crippen LogP contribution in [0.15, 0.2) is 77.3 Å². The fraction of sp³-hybridized carbons (Fsp3) is 0.0455. The minimum atomic E-state index is -4.40. The highest BCUT2D eigenvalue weighted by molar-refractivity contribution is 7.86. The molecule has 1 heterocycles. The summed E-state index contributed by atoms with van der Waals surface area (Å²) in [5.41, 5.74) is 0.0733. The summed E-state index contributed by atoms with van der Waals surface area (Å²) in [5, 5.41) is 14.0. The number of hydrogen-bond donors (Lipinski definition) is 1. The monoisotopic (exact) mass is 453 g/mol. The Hall–Kier alpha value is -4.18. The van der Waals surface area contributed by atoms with Crippen LogP contribution in [-0.4, -0.2) is 30.6 Å². The van der Waals surface area contributed by atoms with Crippen molar-refractivity contribution in [2.75, 3.05) is 0 Å². The van der Waals surface area contributed by atoms with Gasteiger partial charge in [-0.25, -0.2) is 9.59 Å². The molecular formula is C22H15NO8S. The van der Waals surface area contributed by atoms with Crippen LogP contribution in [-0.2, 0) is 20.1 Å². The normalized spacial score (nSPS) is 11.2. The number of carbonyl (C=O) groups is 2. The number of rotatable bonds is 6. The van der Waals surface area contributed by atoms with E-state index in [4.69, 9.17) is 13.4 Å². The van der Waals surface area contributed by atoms with Crippen LogP contribution in [0.2, 0.25) is 0 Å². The first-order valence-corrected chi connectivity index (χ1v) is 10.8. The summed E-state index contributed by atoms with van der Waals surface area (Å²) in [5.74, 6) is -3.40. The third-order valence-electron chi connectivity index (χ3n) is 4.40. The van der Waals surface area contributed by atoms with Gasteiger partial charge in [-0.1, -0.05) is 41.6 Å². The van der Waals surface area contributed by atoms with E-state index >= 15 is 0 Å². The van der Waals surface area contributed by atoms with E-state index in [9.17, 15) is 23.1 Å². The molecule has 0 amide bonds. The molecule has 0 unspecified atom stereocenters. The van der Waals surface area contributed by atoms with Gasteiger partial charge in [0, 0.05) is 5.39 Å². The standard InChI is InChI=1S/C22H15NO8S/c24-18-10-4-1-8-15(18)21(25)29-19-11-5-3-9-16(19)22(26)31-32(27,28)13-17-14-7-2-6-12-20(14)30-23-17/h1-12,24H,13H2. The van der Waals surface area contributed by atoms with Gasteiger partial charge in [-0.15, -0.1) is 0 Å². The van der Waals surface area contributed by atoms with Crippen molar-refractivity contribution in [2.24, 2.45) is 0 Å². The zero-order valence-electron chi connectivity index (χ0n) is 16.3. The summed E-state index contributed by atoms with van der Waals surface area (Å²) in [7, 11) is -4.40. The minimum absolute atomic E-state index is 0.0904. The van der Waals surface area contributed by atoms with Crippen LogP contribution < -0.4 is 4.74 Å². The molecule has 0 aliphatic carbocycles. The summed E-state index contributed by atoms with van der Waals surface area (Å²) < 4.78 is 39.9. The molecule has 0 saturated heterocycles. The van der Waals surface area contributed by atoms with E-state index in [0.717, 1.165) is 0 Å². The van der Waals surface area contributed by atoms with Crippen molar-refractivity contribution >= 4 is 33.0 Å². The van der Waals surface area contributed by atoms with Gasteiger partial charge in [0.1, 0.15) is 34.1 Å². The van der Waals surface area contributed by atoms with Crippen LogP contribution in [0.5, 0.6) is 11.5 Å². The van der Waals surface area contributed by atoms with E-state index in [1.807, 2.05) is 0 Å². The van der Waals surface area contributed by atoms with Gasteiger partial charge in [-0.3, -0.25) is 0 Å². The van der Waals surface area contributed by atoms with Crippen molar-refractivity contribution in [2.45, 2.75) is 5.75 Å². The first-order valence-electron chi connectivity index (χ1n) is 9.23. The average molecular weight is 453 g/mol. The van der Waals surface area contributed by atoms with Crippen molar-refractivity contribution in [3.63, 3.8) is 0 Å². The van der Waals surface area contributed by atoms with Gasteiger partial charge in [0.05, 0.1) is 0 Å². The predicted molar refractivity (Wildman–Crippen MR) is 112 cm³/mol. The molecule has 0 aliphatic heterocycles. The average Bonchev–Trinajstić information content (AvgIpc) is 3.16. The predicted octanol–water partition coefficient (Wildman–Crippen LogP) is 3.44. The first-order chi connectivity index (χ1) is 15.3. The highest BCUT2D eigenvalue weighted by Gasteiger charge is 2.26. The summed E-state index contributed by atoms with van der Waals surface area (Å²) in [6.45, 7) is 0. The Morgan fingerprint density at radius 1 is 0.875 bits per heavy atom. The van der Waals surface area contributed by atoms with Crippen LogP contribution in [0.4, 0.5) is 0 Å². The van der Waals surface area contributed by atoms with Gasteiger partial charge in [0.2, 0.25) is 0 Å². The van der Waals surface area contributed by atoms with E-state index < -0.39 is 27.8 Å². The molecule has 0 atom stereocenters. The molecule has 0 spiro atoms. The number of aromatic hydroxyl groups is 1. The molecule has 1 aromatic heterocycles. The van der Waals surface area contributed by atoms with Crippen LogP contribution in [0, 0.1) is 0 Å². The second-order valence-electron chi connectivity index (χ2n) is 6.60. The Labute approximate surface area is 181 Å². The Balaban J connectivity index is 1.53. The minimum Gasteiger partial charge on any atom is -0.507 e. The number of aromatic nitrogens is 1. The Morgan fingerprint density at radius 3 is 2.31 bits per heavy atom. The topological polar surface area (TPSA) is 133 Å². The maximum Gasteiger partial charge on any atom is 0.357 e. The van der Waals surface area contributed by atoms with Crippen molar-refractivity contribution in [1.82, 2.24) is 5.16 Å². The summed E-state index contributed by atoms with van der Waals surface area (Å²) in [6.07, 6.45) is 0. The molecular weight excluding hydrogens is 438 g/mol. The Bertz CT molecular complexity index is 1420. The number of phenolic OH excluding ortho intramolecular Hbond substituents is 1. The van der Waals surface area contributed by atoms with Crippen LogP contribution in [0.25, 0.3) is 11.0 Å². The van der Waals surface area contributed by atoms with Crippen LogP contribution in [0.1, 0.15) is 26.4 Å². The molecule has 0 bridgehead atoms. The molecule has 0 fully saturated rings. The van der Waals surface area contributed by atoms with Crippen molar-refractivity contribution in [3.05, 3.63) is 89.6 Å². The lowest BCUT2D eigenvalue weighted by molar-refractivity contribution is 0.0711. The number of phenols is 1. The molecule has 9 nitrogen and oxygen atoms in total. The molecule has 4 aromatic rings. The van der Waals surface area contributed by atoms with Gasteiger partial charge < -0.3 is 18.5 Å². The van der Waals surface area contributed by atoms with Gasteiger partial charge >= 0.3 is 22.1 Å².